The van der Waals surface area contributed by atoms with Crippen LogP contribution in [0.3, 0.4) is 0 Å². The molecule has 0 saturated heterocycles. The highest BCUT2D eigenvalue weighted by molar-refractivity contribution is 7.86. The van der Waals surface area contributed by atoms with Gasteiger partial charge in [-0.3, -0.25) is 9.00 Å². The van der Waals surface area contributed by atoms with E-state index in [2.05, 4.69) is 13.8 Å². The molecule has 0 amide bonds. The Bertz CT molecular complexity index is 435. The summed E-state index contributed by atoms with van der Waals surface area (Å²) < 4.78 is 12.2. The topological polar surface area (TPSA) is 54.4 Å². The van der Waals surface area contributed by atoms with E-state index in [0.29, 0.717) is 10.8 Å². The molecule has 0 bridgehead atoms. The third-order valence-corrected chi connectivity index (χ3v) is 4.80. The molecule has 0 saturated carbocycles. The lowest BCUT2D eigenvalue weighted by Crippen LogP contribution is -2.31. The van der Waals surface area contributed by atoms with Crippen molar-refractivity contribution in [3.05, 3.63) is 29.8 Å². The number of carbonyl (C=O) groups is 1. The average molecular weight is 268 g/mol. The van der Waals surface area contributed by atoms with E-state index in [1.165, 1.54) is 0 Å². The van der Waals surface area contributed by atoms with E-state index < -0.39 is 22.0 Å². The van der Waals surface area contributed by atoms with Gasteiger partial charge in [-0.15, -0.1) is 0 Å². The van der Waals surface area contributed by atoms with E-state index in [1.54, 1.807) is 26.0 Å². The highest BCUT2D eigenvalue weighted by atomic mass is 32.2. The lowest BCUT2D eigenvalue weighted by molar-refractivity contribution is -0.137. The SMILES string of the molecule is CC(C)c1ccc(S(=O)C(C(=O)O)C(C)C)cc1. The van der Waals surface area contributed by atoms with Crippen molar-refractivity contribution in [1.82, 2.24) is 0 Å². The largest absolute Gasteiger partial charge is 0.480 e. The first-order valence-electron chi connectivity index (χ1n) is 6.08. The summed E-state index contributed by atoms with van der Waals surface area (Å²) in [5.74, 6) is -0.753. The fourth-order valence-corrected chi connectivity index (χ4v) is 3.13. The summed E-state index contributed by atoms with van der Waals surface area (Å²) in [4.78, 5) is 11.7. The number of hydrogen-bond acceptors (Lipinski definition) is 2. The minimum Gasteiger partial charge on any atom is -0.480 e. The Morgan fingerprint density at radius 1 is 1.11 bits per heavy atom. The van der Waals surface area contributed by atoms with Crippen LogP contribution in [0.1, 0.15) is 39.2 Å². The highest BCUT2D eigenvalue weighted by Crippen LogP contribution is 2.21. The summed E-state index contributed by atoms with van der Waals surface area (Å²) in [7, 11) is -1.50. The van der Waals surface area contributed by atoms with Crippen molar-refractivity contribution in [2.45, 2.75) is 43.8 Å². The Hall–Kier alpha value is -1.16. The number of hydrogen-bond donors (Lipinski definition) is 1. The number of rotatable bonds is 5. The van der Waals surface area contributed by atoms with Crippen molar-refractivity contribution in [2.24, 2.45) is 5.92 Å². The Morgan fingerprint density at radius 2 is 1.61 bits per heavy atom. The Morgan fingerprint density at radius 3 is 1.94 bits per heavy atom. The van der Waals surface area contributed by atoms with Crippen LogP contribution in [0.2, 0.25) is 0 Å². The molecule has 3 nitrogen and oxygen atoms in total. The second-order valence-corrected chi connectivity index (χ2v) is 6.60. The van der Waals surface area contributed by atoms with Crippen molar-refractivity contribution >= 4 is 16.8 Å². The minimum absolute atomic E-state index is 0.159. The van der Waals surface area contributed by atoms with Crippen molar-refractivity contribution in [3.63, 3.8) is 0 Å². The summed E-state index contributed by atoms with van der Waals surface area (Å²) >= 11 is 0. The smallest absolute Gasteiger partial charge is 0.319 e. The second kappa shape index (κ2) is 6.14. The monoisotopic (exact) mass is 268 g/mol. The summed E-state index contributed by atoms with van der Waals surface area (Å²) in [6, 6.07) is 7.36. The summed E-state index contributed by atoms with van der Waals surface area (Å²) in [6.07, 6.45) is 0. The molecule has 18 heavy (non-hydrogen) atoms. The Labute approximate surface area is 111 Å². The van der Waals surface area contributed by atoms with E-state index in [-0.39, 0.29) is 5.92 Å². The van der Waals surface area contributed by atoms with Gasteiger partial charge < -0.3 is 5.11 Å². The molecule has 0 fully saturated rings. The fraction of sp³-hybridized carbons (Fsp3) is 0.500. The van der Waals surface area contributed by atoms with Crippen LogP contribution in [-0.2, 0) is 15.6 Å². The molecule has 0 aliphatic rings. The van der Waals surface area contributed by atoms with Gasteiger partial charge in [0.1, 0.15) is 5.25 Å². The number of benzene rings is 1. The molecule has 2 unspecified atom stereocenters. The number of carboxylic acids is 1. The molecule has 1 aromatic rings. The van der Waals surface area contributed by atoms with Gasteiger partial charge >= 0.3 is 5.97 Å². The number of carboxylic acid groups (broad SMARTS) is 1. The molecule has 2 atom stereocenters. The average Bonchev–Trinajstić information content (AvgIpc) is 2.28. The van der Waals surface area contributed by atoms with Gasteiger partial charge in [0, 0.05) is 4.90 Å². The zero-order valence-corrected chi connectivity index (χ0v) is 12.0. The molecule has 1 aromatic carbocycles. The normalized spacial score (nSPS) is 14.8. The maximum absolute atomic E-state index is 12.2. The molecule has 0 heterocycles. The van der Waals surface area contributed by atoms with E-state index in [4.69, 9.17) is 5.11 Å². The molecular weight excluding hydrogens is 248 g/mol. The molecule has 0 aromatic heterocycles. The van der Waals surface area contributed by atoms with Gasteiger partial charge in [-0.1, -0.05) is 39.8 Å². The molecular formula is C14H20O3S. The first-order valence-corrected chi connectivity index (χ1v) is 7.29. The van der Waals surface area contributed by atoms with Crippen LogP contribution in [0.5, 0.6) is 0 Å². The third-order valence-electron chi connectivity index (χ3n) is 2.86. The van der Waals surface area contributed by atoms with Gasteiger partial charge in [-0.2, -0.15) is 0 Å². The van der Waals surface area contributed by atoms with Crippen LogP contribution < -0.4 is 0 Å². The molecule has 0 aliphatic carbocycles. The van der Waals surface area contributed by atoms with Crippen LogP contribution in [0.15, 0.2) is 29.2 Å². The molecule has 1 N–H and O–H groups in total. The third kappa shape index (κ3) is 3.42. The second-order valence-electron chi connectivity index (χ2n) is 5.02. The lowest BCUT2D eigenvalue weighted by atomic mass is 10.0. The first kappa shape index (κ1) is 14.9. The first-order chi connectivity index (χ1) is 8.34. The van der Waals surface area contributed by atoms with Crippen molar-refractivity contribution in [3.8, 4) is 0 Å². The van der Waals surface area contributed by atoms with E-state index in [0.717, 1.165) is 5.56 Å². The standard InChI is InChI=1S/C14H20O3S/c1-9(2)11-5-7-12(8-6-11)18(17)13(10(3)4)14(15)16/h5-10,13H,1-4H3,(H,15,16). The van der Waals surface area contributed by atoms with Crippen molar-refractivity contribution in [2.75, 3.05) is 0 Å². The van der Waals surface area contributed by atoms with Gasteiger partial charge in [0.2, 0.25) is 0 Å². The predicted octanol–water partition coefficient (Wildman–Crippen LogP) is 3.03. The maximum atomic E-state index is 12.2. The molecule has 0 spiro atoms. The van der Waals surface area contributed by atoms with Crippen LogP contribution in [0.25, 0.3) is 0 Å². The quantitative estimate of drug-likeness (QED) is 0.893. The van der Waals surface area contributed by atoms with Gasteiger partial charge in [-0.25, -0.2) is 0 Å². The summed E-state index contributed by atoms with van der Waals surface area (Å²) in [6.45, 7) is 7.72. The van der Waals surface area contributed by atoms with Gasteiger partial charge in [0.05, 0.1) is 10.8 Å². The van der Waals surface area contributed by atoms with Gasteiger partial charge in [-0.05, 0) is 29.5 Å². The molecule has 0 radical (unpaired) electrons. The van der Waals surface area contributed by atoms with Crippen molar-refractivity contribution in [1.29, 1.82) is 0 Å². The molecule has 1 rings (SSSR count). The van der Waals surface area contributed by atoms with E-state index >= 15 is 0 Å². The van der Waals surface area contributed by atoms with E-state index in [1.807, 2.05) is 12.1 Å². The minimum atomic E-state index is -1.50. The van der Waals surface area contributed by atoms with E-state index in [9.17, 15) is 9.00 Å². The van der Waals surface area contributed by atoms with Crippen LogP contribution in [0.4, 0.5) is 0 Å². The molecule has 0 aliphatic heterocycles. The molecule has 100 valence electrons. The summed E-state index contributed by atoms with van der Waals surface area (Å²) in [5.41, 5.74) is 1.16. The lowest BCUT2D eigenvalue weighted by Gasteiger charge is -2.16. The Kier molecular flexibility index (Phi) is 5.08. The zero-order valence-electron chi connectivity index (χ0n) is 11.2. The van der Waals surface area contributed by atoms with Crippen LogP contribution in [-0.4, -0.2) is 20.5 Å². The van der Waals surface area contributed by atoms with Crippen LogP contribution in [0, 0.1) is 5.92 Å². The predicted molar refractivity (Wildman–Crippen MR) is 73.2 cm³/mol. The van der Waals surface area contributed by atoms with Crippen LogP contribution >= 0.6 is 0 Å². The van der Waals surface area contributed by atoms with Gasteiger partial charge in [0.25, 0.3) is 0 Å². The highest BCUT2D eigenvalue weighted by Gasteiger charge is 2.29. The maximum Gasteiger partial charge on any atom is 0.319 e. The Balaban J connectivity index is 2.99. The fourth-order valence-electron chi connectivity index (χ4n) is 1.76. The number of aliphatic carboxylic acids is 1. The van der Waals surface area contributed by atoms with Crippen molar-refractivity contribution < 1.29 is 14.1 Å². The molecule has 4 heteroatoms. The summed E-state index contributed by atoms with van der Waals surface area (Å²) in [5, 5.41) is 8.27. The van der Waals surface area contributed by atoms with Gasteiger partial charge in [0.15, 0.2) is 0 Å². The zero-order chi connectivity index (χ0) is 13.9.